The van der Waals surface area contributed by atoms with E-state index >= 15 is 0 Å². The maximum atomic E-state index is 12.9. The van der Waals surface area contributed by atoms with E-state index in [1.807, 2.05) is 34.7 Å². The first-order valence-corrected chi connectivity index (χ1v) is 10.8. The minimum atomic E-state index is -0.116. The van der Waals surface area contributed by atoms with Crippen LogP contribution in [0.5, 0.6) is 0 Å². The van der Waals surface area contributed by atoms with Gasteiger partial charge in [-0.15, -0.1) is 16.8 Å². The van der Waals surface area contributed by atoms with Crippen molar-refractivity contribution in [1.29, 1.82) is 0 Å². The minimum Gasteiger partial charge on any atom is -0.444 e. The zero-order valence-electron chi connectivity index (χ0n) is 16.2. The molecule has 0 aliphatic heterocycles. The van der Waals surface area contributed by atoms with E-state index in [9.17, 15) is 4.79 Å². The molecule has 0 fully saturated rings. The lowest BCUT2D eigenvalue weighted by atomic mass is 10.2. The first kappa shape index (κ1) is 19.6. The molecule has 3 heterocycles. The van der Waals surface area contributed by atoms with Gasteiger partial charge in [-0.2, -0.15) is 0 Å². The third-order valence-corrected chi connectivity index (χ3v) is 5.96. The van der Waals surface area contributed by atoms with Crippen LogP contribution >= 0.6 is 23.4 Å². The highest BCUT2D eigenvalue weighted by molar-refractivity contribution is 7.98. The number of allylic oxidation sites excluding steroid dienone is 1. The van der Waals surface area contributed by atoms with Crippen LogP contribution in [0.2, 0.25) is 5.02 Å². The lowest BCUT2D eigenvalue weighted by Crippen LogP contribution is -2.22. The van der Waals surface area contributed by atoms with Crippen molar-refractivity contribution in [3.63, 3.8) is 0 Å². The Labute approximate surface area is 186 Å². The molecule has 7 nitrogen and oxygen atoms in total. The van der Waals surface area contributed by atoms with E-state index < -0.39 is 0 Å². The van der Waals surface area contributed by atoms with Gasteiger partial charge in [0.2, 0.25) is 11.7 Å². The average molecular weight is 450 g/mol. The second-order valence-corrected chi connectivity index (χ2v) is 8.16. The Morgan fingerprint density at radius 3 is 2.87 bits per heavy atom. The maximum Gasteiger partial charge on any atom is 0.263 e. The Bertz CT molecular complexity index is 1490. The van der Waals surface area contributed by atoms with Gasteiger partial charge < -0.3 is 4.42 Å². The third kappa shape index (κ3) is 3.54. The van der Waals surface area contributed by atoms with Crippen molar-refractivity contribution >= 4 is 40.0 Å². The Morgan fingerprint density at radius 1 is 1.16 bits per heavy atom. The summed E-state index contributed by atoms with van der Waals surface area (Å²) in [6.07, 6.45) is 3.29. The van der Waals surface area contributed by atoms with Crippen molar-refractivity contribution in [2.75, 3.05) is 0 Å². The quantitative estimate of drug-likeness (QED) is 0.273. The molecule has 3 aromatic heterocycles. The molecule has 9 heteroatoms. The van der Waals surface area contributed by atoms with Gasteiger partial charge in [0.25, 0.3) is 5.56 Å². The largest absolute Gasteiger partial charge is 0.444 e. The van der Waals surface area contributed by atoms with Crippen LogP contribution in [0.4, 0.5) is 0 Å². The first-order valence-electron chi connectivity index (χ1n) is 9.46. The summed E-state index contributed by atoms with van der Waals surface area (Å²) in [6.45, 7) is 4.10. The highest BCUT2D eigenvalue weighted by Crippen LogP contribution is 2.27. The van der Waals surface area contributed by atoms with Crippen molar-refractivity contribution in [1.82, 2.24) is 24.1 Å². The number of halogens is 1. The molecule has 0 radical (unpaired) electrons. The third-order valence-electron chi connectivity index (χ3n) is 4.76. The number of thioether (sulfide) groups is 1. The van der Waals surface area contributed by atoms with Gasteiger partial charge in [0.1, 0.15) is 6.26 Å². The van der Waals surface area contributed by atoms with Crippen LogP contribution in [0.3, 0.4) is 0 Å². The van der Waals surface area contributed by atoms with Crippen molar-refractivity contribution in [3.8, 4) is 11.5 Å². The van der Waals surface area contributed by atoms with E-state index in [1.165, 1.54) is 11.8 Å². The fourth-order valence-corrected chi connectivity index (χ4v) is 4.39. The predicted octanol–water partition coefficient (Wildman–Crippen LogP) is 4.83. The Hall–Kier alpha value is -3.36. The van der Waals surface area contributed by atoms with Gasteiger partial charge in [-0.3, -0.25) is 13.8 Å². The van der Waals surface area contributed by atoms with E-state index in [2.05, 4.69) is 21.8 Å². The molecule has 0 saturated carbocycles. The molecule has 0 atom stereocenters. The van der Waals surface area contributed by atoms with Gasteiger partial charge >= 0.3 is 0 Å². The van der Waals surface area contributed by atoms with Gasteiger partial charge in [0.15, 0.2) is 5.16 Å². The summed E-state index contributed by atoms with van der Waals surface area (Å²) < 4.78 is 9.08. The van der Waals surface area contributed by atoms with E-state index in [1.54, 1.807) is 35.1 Å². The van der Waals surface area contributed by atoms with Crippen LogP contribution in [0.1, 0.15) is 5.69 Å². The molecule has 5 rings (SSSR count). The molecule has 5 aromatic rings. The van der Waals surface area contributed by atoms with Crippen molar-refractivity contribution < 1.29 is 4.42 Å². The second kappa shape index (κ2) is 8.05. The summed E-state index contributed by atoms with van der Waals surface area (Å²) in [5, 5.41) is 10.5. The fraction of sp³-hybridized carbons (Fsp3) is 0.0909. The molecule has 2 aromatic carbocycles. The van der Waals surface area contributed by atoms with Crippen LogP contribution in [-0.2, 0) is 12.3 Å². The minimum absolute atomic E-state index is 0.116. The molecule has 0 saturated heterocycles. The topological polar surface area (TPSA) is 78.2 Å². The average Bonchev–Trinajstić information content (AvgIpc) is 3.42. The molecule has 0 bridgehead atoms. The zero-order chi connectivity index (χ0) is 21.4. The molecule has 0 aliphatic rings. The van der Waals surface area contributed by atoms with E-state index in [0.29, 0.717) is 39.5 Å². The Morgan fingerprint density at radius 2 is 2.03 bits per heavy atom. The molecule has 0 aliphatic carbocycles. The summed E-state index contributed by atoms with van der Waals surface area (Å²) >= 11 is 7.53. The lowest BCUT2D eigenvalue weighted by molar-refractivity contribution is 0.573. The normalized spacial score (nSPS) is 11.4. The highest BCUT2D eigenvalue weighted by Gasteiger charge is 2.17. The summed E-state index contributed by atoms with van der Waals surface area (Å²) in [7, 11) is 0. The number of aromatic nitrogens is 5. The summed E-state index contributed by atoms with van der Waals surface area (Å²) in [5.41, 5.74) is 2.22. The lowest BCUT2D eigenvalue weighted by Gasteiger charge is -2.09. The molecular formula is C22H16ClN5O2S. The Balaban J connectivity index is 1.51. The SMILES string of the molecule is C=CCn1c(=O)c2ccccc2n2c(SCc3coc(-c4cccc(Cl)c4)n3)nnc12. The molecule has 154 valence electrons. The molecule has 0 spiro atoms. The molecule has 0 N–H and O–H groups in total. The highest BCUT2D eigenvalue weighted by atomic mass is 35.5. The van der Waals surface area contributed by atoms with Gasteiger partial charge in [0, 0.05) is 22.9 Å². The van der Waals surface area contributed by atoms with Crippen molar-refractivity contribution in [2.24, 2.45) is 0 Å². The summed E-state index contributed by atoms with van der Waals surface area (Å²) in [4.78, 5) is 17.4. The number of hydrogen-bond acceptors (Lipinski definition) is 6. The van der Waals surface area contributed by atoms with Crippen LogP contribution in [-0.4, -0.2) is 24.1 Å². The van der Waals surface area contributed by atoms with Gasteiger partial charge in [-0.25, -0.2) is 4.98 Å². The van der Waals surface area contributed by atoms with E-state index in [4.69, 9.17) is 16.0 Å². The summed E-state index contributed by atoms with van der Waals surface area (Å²) in [6, 6.07) is 14.8. The standard InChI is InChI=1S/C22H16ClN5O2S/c1-2-10-27-20(29)17-8-3-4-9-18(17)28-21(27)25-26-22(28)31-13-16-12-30-19(24-16)14-6-5-7-15(23)11-14/h2-9,11-12H,1,10,13H2. The molecule has 31 heavy (non-hydrogen) atoms. The monoisotopic (exact) mass is 449 g/mol. The molecule has 0 amide bonds. The summed E-state index contributed by atoms with van der Waals surface area (Å²) in [5.74, 6) is 1.51. The van der Waals surface area contributed by atoms with Gasteiger partial charge in [-0.1, -0.05) is 47.6 Å². The van der Waals surface area contributed by atoms with Gasteiger partial charge in [-0.05, 0) is 30.3 Å². The number of para-hydroxylation sites is 1. The fourth-order valence-electron chi connectivity index (χ4n) is 3.39. The van der Waals surface area contributed by atoms with E-state index in [-0.39, 0.29) is 5.56 Å². The van der Waals surface area contributed by atoms with Crippen LogP contribution in [0.25, 0.3) is 28.1 Å². The smallest absolute Gasteiger partial charge is 0.263 e. The predicted molar refractivity (Wildman–Crippen MR) is 121 cm³/mol. The number of rotatable bonds is 6. The number of hydrogen-bond donors (Lipinski definition) is 0. The Kier molecular flexibility index (Phi) is 5.09. The molecule has 0 unspecified atom stereocenters. The number of fused-ring (bicyclic) bond motifs is 3. The number of oxazole rings is 1. The molecular weight excluding hydrogens is 434 g/mol. The van der Waals surface area contributed by atoms with Crippen LogP contribution in [0.15, 0.2) is 81.8 Å². The van der Waals surface area contributed by atoms with E-state index in [0.717, 1.165) is 16.8 Å². The van der Waals surface area contributed by atoms with Crippen LogP contribution < -0.4 is 5.56 Å². The maximum absolute atomic E-state index is 12.9. The second-order valence-electron chi connectivity index (χ2n) is 6.78. The number of benzene rings is 2. The van der Waals surface area contributed by atoms with Gasteiger partial charge in [0.05, 0.1) is 16.6 Å². The van der Waals surface area contributed by atoms with Crippen molar-refractivity contribution in [2.45, 2.75) is 17.5 Å². The van der Waals surface area contributed by atoms with Crippen LogP contribution in [0, 0.1) is 0 Å². The zero-order valence-corrected chi connectivity index (χ0v) is 17.8. The first-order chi connectivity index (χ1) is 15.2. The van der Waals surface area contributed by atoms with Crippen molar-refractivity contribution in [3.05, 3.63) is 88.5 Å². The number of nitrogens with zero attached hydrogens (tertiary/aromatic N) is 5.